The molecule has 1 N–H and O–H groups in total. The molecule has 0 saturated heterocycles. The van der Waals surface area contributed by atoms with E-state index in [1.807, 2.05) is 29.0 Å². The zero-order valence-corrected chi connectivity index (χ0v) is 13.9. The molecule has 108 valence electrons. The second-order valence-electron chi connectivity index (χ2n) is 4.46. The summed E-state index contributed by atoms with van der Waals surface area (Å²) in [5.74, 6) is -0.0458. The molecule has 3 heterocycles. The highest BCUT2D eigenvalue weighted by atomic mass is 32.1. The van der Waals surface area contributed by atoms with Gasteiger partial charge in [-0.1, -0.05) is 19.1 Å². The van der Waals surface area contributed by atoms with Crippen molar-refractivity contribution in [2.24, 2.45) is 0 Å². The van der Waals surface area contributed by atoms with Crippen LogP contribution in [0.3, 0.4) is 0 Å². The SMILES string of the molecule is CCC(NC(=O)c1cnc(-c2cccs2)s1)c1cccs1. The maximum absolute atomic E-state index is 12.4. The highest BCUT2D eigenvalue weighted by Crippen LogP contribution is 2.29. The summed E-state index contributed by atoms with van der Waals surface area (Å²) < 4.78 is 0. The van der Waals surface area contributed by atoms with Gasteiger partial charge in [0.1, 0.15) is 9.88 Å². The minimum atomic E-state index is -0.0458. The van der Waals surface area contributed by atoms with E-state index in [-0.39, 0.29) is 11.9 Å². The van der Waals surface area contributed by atoms with Gasteiger partial charge in [0.05, 0.1) is 17.1 Å². The molecule has 0 aliphatic carbocycles. The summed E-state index contributed by atoms with van der Waals surface area (Å²) in [6, 6.07) is 8.15. The zero-order chi connectivity index (χ0) is 14.7. The second kappa shape index (κ2) is 6.51. The summed E-state index contributed by atoms with van der Waals surface area (Å²) >= 11 is 4.75. The fraction of sp³-hybridized carbons (Fsp3) is 0.200. The van der Waals surface area contributed by atoms with Gasteiger partial charge in [-0.25, -0.2) is 4.98 Å². The van der Waals surface area contributed by atoms with Crippen molar-refractivity contribution in [3.63, 3.8) is 0 Å². The molecule has 0 aliphatic heterocycles. The number of carbonyl (C=O) groups is 1. The van der Waals surface area contributed by atoms with Crippen molar-refractivity contribution < 1.29 is 4.79 Å². The van der Waals surface area contributed by atoms with Gasteiger partial charge in [0, 0.05) is 4.88 Å². The van der Waals surface area contributed by atoms with E-state index >= 15 is 0 Å². The summed E-state index contributed by atoms with van der Waals surface area (Å²) in [6.07, 6.45) is 2.54. The van der Waals surface area contributed by atoms with Crippen molar-refractivity contribution in [2.45, 2.75) is 19.4 Å². The van der Waals surface area contributed by atoms with Gasteiger partial charge in [0.25, 0.3) is 5.91 Å². The summed E-state index contributed by atoms with van der Waals surface area (Å²) in [6.45, 7) is 2.08. The van der Waals surface area contributed by atoms with Crippen LogP contribution in [0.25, 0.3) is 9.88 Å². The minimum absolute atomic E-state index is 0.0458. The molecule has 1 unspecified atom stereocenters. The quantitative estimate of drug-likeness (QED) is 0.727. The third-order valence-electron chi connectivity index (χ3n) is 3.06. The van der Waals surface area contributed by atoms with Crippen molar-refractivity contribution in [2.75, 3.05) is 0 Å². The molecule has 0 bridgehead atoms. The second-order valence-corrected chi connectivity index (χ2v) is 7.41. The molecule has 3 nitrogen and oxygen atoms in total. The number of rotatable bonds is 5. The first-order chi connectivity index (χ1) is 10.3. The Bertz CT molecular complexity index is 701. The van der Waals surface area contributed by atoms with E-state index in [4.69, 9.17) is 0 Å². The van der Waals surface area contributed by atoms with Crippen LogP contribution in [0.5, 0.6) is 0 Å². The number of hydrogen-bond donors (Lipinski definition) is 1. The van der Waals surface area contributed by atoms with Gasteiger partial charge < -0.3 is 5.32 Å². The smallest absolute Gasteiger partial charge is 0.263 e. The van der Waals surface area contributed by atoms with E-state index < -0.39 is 0 Å². The minimum Gasteiger partial charge on any atom is -0.344 e. The predicted molar refractivity (Wildman–Crippen MR) is 90.2 cm³/mol. The van der Waals surface area contributed by atoms with E-state index in [0.29, 0.717) is 4.88 Å². The standard InChI is InChI=1S/C15H14N2OS3/c1-2-10(11-5-3-7-19-11)17-14(18)13-9-16-15(21-13)12-6-4-8-20-12/h3-10H,2H2,1H3,(H,17,18). The molecule has 0 saturated carbocycles. The number of thiazole rings is 1. The largest absolute Gasteiger partial charge is 0.344 e. The number of amides is 1. The maximum atomic E-state index is 12.4. The van der Waals surface area contributed by atoms with Crippen molar-refractivity contribution >= 4 is 39.9 Å². The molecule has 6 heteroatoms. The topological polar surface area (TPSA) is 42.0 Å². The number of nitrogens with zero attached hydrogens (tertiary/aromatic N) is 1. The van der Waals surface area contributed by atoms with E-state index in [1.54, 1.807) is 28.9 Å². The Hall–Kier alpha value is -1.50. The van der Waals surface area contributed by atoms with Crippen LogP contribution >= 0.6 is 34.0 Å². The Balaban J connectivity index is 1.73. The highest BCUT2D eigenvalue weighted by molar-refractivity contribution is 7.22. The van der Waals surface area contributed by atoms with Gasteiger partial charge in [0.15, 0.2) is 0 Å². The monoisotopic (exact) mass is 334 g/mol. The van der Waals surface area contributed by atoms with Gasteiger partial charge in [-0.3, -0.25) is 4.79 Å². The molecule has 0 aromatic carbocycles. The van der Waals surface area contributed by atoms with Crippen LogP contribution in [0, 0.1) is 0 Å². The normalized spacial score (nSPS) is 12.2. The van der Waals surface area contributed by atoms with Crippen LogP contribution in [0.1, 0.15) is 33.9 Å². The van der Waals surface area contributed by atoms with Crippen molar-refractivity contribution in [3.8, 4) is 9.88 Å². The number of hydrogen-bond acceptors (Lipinski definition) is 5. The van der Waals surface area contributed by atoms with Crippen molar-refractivity contribution in [3.05, 3.63) is 51.0 Å². The Morgan fingerprint density at radius 1 is 1.29 bits per heavy atom. The summed E-state index contributed by atoms with van der Waals surface area (Å²) in [4.78, 5) is 19.7. The third kappa shape index (κ3) is 3.23. The van der Waals surface area contributed by atoms with Gasteiger partial charge in [-0.2, -0.15) is 0 Å². The number of nitrogens with one attached hydrogen (secondary N) is 1. The maximum Gasteiger partial charge on any atom is 0.263 e. The molecule has 3 rings (SSSR count). The average Bonchev–Trinajstić information content (AvgIpc) is 3.26. The number of carbonyl (C=O) groups excluding carboxylic acids is 1. The van der Waals surface area contributed by atoms with Crippen LogP contribution in [0.2, 0.25) is 0 Å². The molecule has 3 aromatic rings. The fourth-order valence-electron chi connectivity index (χ4n) is 1.99. The first-order valence-electron chi connectivity index (χ1n) is 6.62. The lowest BCUT2D eigenvalue weighted by Gasteiger charge is -2.14. The molecule has 21 heavy (non-hydrogen) atoms. The molecule has 0 spiro atoms. The van der Waals surface area contributed by atoms with Gasteiger partial charge in [-0.05, 0) is 29.3 Å². The van der Waals surface area contributed by atoms with Crippen LogP contribution in [0.15, 0.2) is 41.2 Å². The van der Waals surface area contributed by atoms with Crippen molar-refractivity contribution in [1.29, 1.82) is 0 Å². The van der Waals surface area contributed by atoms with Crippen LogP contribution in [-0.2, 0) is 0 Å². The van der Waals surface area contributed by atoms with E-state index in [9.17, 15) is 4.79 Å². The predicted octanol–water partition coefficient (Wildman–Crippen LogP) is 4.81. The molecule has 0 radical (unpaired) electrons. The Kier molecular flexibility index (Phi) is 4.48. The van der Waals surface area contributed by atoms with E-state index in [0.717, 1.165) is 16.3 Å². The van der Waals surface area contributed by atoms with E-state index in [2.05, 4.69) is 23.3 Å². The van der Waals surface area contributed by atoms with Crippen molar-refractivity contribution in [1.82, 2.24) is 10.3 Å². The van der Waals surface area contributed by atoms with Crippen LogP contribution in [-0.4, -0.2) is 10.9 Å². The first-order valence-corrected chi connectivity index (χ1v) is 9.19. The van der Waals surface area contributed by atoms with Crippen LogP contribution < -0.4 is 5.32 Å². The molecule has 0 fully saturated rings. The average molecular weight is 334 g/mol. The molecular formula is C15H14N2OS3. The Morgan fingerprint density at radius 2 is 2.10 bits per heavy atom. The molecular weight excluding hydrogens is 320 g/mol. The van der Waals surface area contributed by atoms with Gasteiger partial charge >= 0.3 is 0 Å². The molecule has 3 aromatic heterocycles. The fourth-order valence-corrected chi connectivity index (χ4v) is 4.47. The number of aromatic nitrogens is 1. The lowest BCUT2D eigenvalue weighted by Crippen LogP contribution is -2.26. The molecule has 1 amide bonds. The summed E-state index contributed by atoms with van der Waals surface area (Å²) in [5.41, 5.74) is 0. The lowest BCUT2D eigenvalue weighted by atomic mass is 10.2. The first kappa shape index (κ1) is 14.4. The van der Waals surface area contributed by atoms with Gasteiger partial charge in [0.2, 0.25) is 0 Å². The molecule has 1 atom stereocenters. The summed E-state index contributed by atoms with van der Waals surface area (Å²) in [5, 5.41) is 8.04. The lowest BCUT2D eigenvalue weighted by molar-refractivity contribution is 0.0940. The zero-order valence-electron chi connectivity index (χ0n) is 11.4. The Labute approximate surface area is 135 Å². The molecule has 0 aliphatic rings. The third-order valence-corrected chi connectivity index (χ3v) is 6.08. The van der Waals surface area contributed by atoms with E-state index in [1.165, 1.54) is 16.2 Å². The van der Waals surface area contributed by atoms with Crippen LogP contribution in [0.4, 0.5) is 0 Å². The number of thiophene rings is 2. The Morgan fingerprint density at radius 3 is 2.76 bits per heavy atom. The summed E-state index contributed by atoms with van der Waals surface area (Å²) in [7, 11) is 0. The van der Waals surface area contributed by atoms with Gasteiger partial charge in [-0.15, -0.1) is 34.0 Å². The highest BCUT2D eigenvalue weighted by Gasteiger charge is 2.17.